The van der Waals surface area contributed by atoms with Gasteiger partial charge in [-0.05, 0) is 22.9 Å². The van der Waals surface area contributed by atoms with Crippen molar-refractivity contribution in [2.75, 3.05) is 6.61 Å². The number of aliphatic hydroxyl groups is 1. The van der Waals surface area contributed by atoms with Gasteiger partial charge in [0.15, 0.2) is 0 Å². The summed E-state index contributed by atoms with van der Waals surface area (Å²) in [7, 11) is 0. The molecule has 66 valence electrons. The van der Waals surface area contributed by atoms with E-state index in [-0.39, 0.29) is 6.61 Å². The van der Waals surface area contributed by atoms with Crippen molar-refractivity contribution in [2.24, 2.45) is 0 Å². The highest BCUT2D eigenvalue weighted by Crippen LogP contribution is 2.26. The van der Waals surface area contributed by atoms with Gasteiger partial charge in [-0.25, -0.2) is 4.79 Å². The summed E-state index contributed by atoms with van der Waals surface area (Å²) >= 11 is 1.83. The monoisotopic (exact) mass is 232 g/mol. The largest absolute Gasteiger partial charge is 0.464 e. The van der Waals surface area contributed by atoms with E-state index >= 15 is 0 Å². The molecule has 0 aromatic carbocycles. The maximum Gasteiger partial charge on any atom is 0.342 e. The Morgan fingerprint density at radius 3 is 2.55 bits per heavy atom. The Labute approximate surface area is 70.5 Å². The van der Waals surface area contributed by atoms with E-state index in [0.717, 1.165) is 0 Å². The summed E-state index contributed by atoms with van der Waals surface area (Å²) in [6, 6.07) is 0. The summed E-state index contributed by atoms with van der Waals surface area (Å²) in [6.07, 6.45) is -2.44. The minimum absolute atomic E-state index is 0.0427. The predicted octanol–water partition coefficient (Wildman–Crippen LogP) is 0.898. The van der Waals surface area contributed by atoms with Crippen LogP contribution in [0.5, 0.6) is 0 Å². The number of halogens is 3. The molecule has 0 radical (unpaired) electrons. The minimum Gasteiger partial charge on any atom is -0.464 e. The Hall–Kier alpha value is -0.230. The lowest BCUT2D eigenvalue weighted by molar-refractivity contribution is -0.163. The Morgan fingerprint density at radius 1 is 1.82 bits per heavy atom. The molecule has 0 aliphatic carbocycles. The zero-order valence-electron chi connectivity index (χ0n) is 5.68. The number of aliphatic hydroxyl groups excluding tert-OH is 1. The van der Waals surface area contributed by atoms with Crippen molar-refractivity contribution in [3.63, 3.8) is 0 Å². The van der Waals surface area contributed by atoms with Gasteiger partial charge in [0, 0.05) is 0 Å². The maximum atomic E-state index is 12.1. The third-order valence-corrected chi connectivity index (χ3v) is 1.25. The van der Waals surface area contributed by atoms with Gasteiger partial charge in [-0.3, -0.25) is 0 Å². The molecule has 0 bridgehead atoms. The van der Waals surface area contributed by atoms with E-state index in [4.69, 9.17) is 5.11 Å². The van der Waals surface area contributed by atoms with Gasteiger partial charge < -0.3 is 9.84 Å². The van der Waals surface area contributed by atoms with E-state index in [2.05, 4.69) is 4.74 Å². The number of ether oxygens (including phenoxy) is 1. The van der Waals surface area contributed by atoms with Crippen LogP contribution in [0.3, 0.4) is 0 Å². The molecule has 0 saturated heterocycles. The van der Waals surface area contributed by atoms with Crippen molar-refractivity contribution < 1.29 is 23.4 Å². The molecule has 0 spiro atoms. The Morgan fingerprint density at radius 2 is 2.27 bits per heavy atom. The lowest BCUT2D eigenvalue weighted by Crippen LogP contribution is -2.36. The summed E-state index contributed by atoms with van der Waals surface area (Å²) in [5.41, 5.74) is 0. The quantitative estimate of drug-likeness (QED) is 0.581. The molecule has 0 aromatic rings. The van der Waals surface area contributed by atoms with Crippen molar-refractivity contribution in [1.29, 1.82) is 0 Å². The summed E-state index contributed by atoms with van der Waals surface area (Å²) in [4.78, 5) is 6.78. The van der Waals surface area contributed by atoms with Crippen LogP contribution in [0.2, 0.25) is 0 Å². The van der Waals surface area contributed by atoms with E-state index < -0.39 is 16.9 Å². The predicted molar refractivity (Wildman–Crippen MR) is 36.5 cm³/mol. The van der Waals surface area contributed by atoms with Gasteiger partial charge in [0.25, 0.3) is 0 Å². The number of carbonyl (C=O) groups excluding carboxylic acids is 1. The first-order chi connectivity index (χ1) is 4.89. The maximum absolute atomic E-state index is 12.1. The number of hydrogen-bond acceptors (Lipinski definition) is 3. The summed E-state index contributed by atoms with van der Waals surface area (Å²) in [6.45, 7) is 1.41. The Kier molecular flexibility index (Phi) is 3.88. The fourth-order valence-electron chi connectivity index (χ4n) is 0.355. The molecule has 1 unspecified atom stereocenters. The highest BCUT2D eigenvalue weighted by molar-refractivity contribution is 9.10. The first kappa shape index (κ1) is 10.8. The second-order valence-corrected chi connectivity index (χ2v) is 2.75. The van der Waals surface area contributed by atoms with Gasteiger partial charge in [-0.1, -0.05) is 0 Å². The molecule has 1 atom stereocenters. The third kappa shape index (κ3) is 3.62. The number of carbonyl (C=O) groups is 1. The standard InChI is InChI=1S/C5H7BrF2O3/c1-2-11-4(10)3(9)5(6,7)8/h3,9H,2H2,1H3. The normalized spacial score (nSPS) is 14.3. The van der Waals surface area contributed by atoms with E-state index in [1.165, 1.54) is 6.92 Å². The Bertz CT molecular complexity index is 145. The van der Waals surface area contributed by atoms with Crippen LogP contribution in [0.4, 0.5) is 8.78 Å². The average molecular weight is 233 g/mol. The molecule has 0 aliphatic heterocycles. The zero-order chi connectivity index (χ0) is 9.07. The van der Waals surface area contributed by atoms with Crippen LogP contribution in [0, 0.1) is 0 Å². The number of alkyl halides is 3. The van der Waals surface area contributed by atoms with Crippen LogP contribution in [0.25, 0.3) is 0 Å². The Balaban J connectivity index is 4.03. The topological polar surface area (TPSA) is 46.5 Å². The van der Waals surface area contributed by atoms with E-state index in [9.17, 15) is 13.6 Å². The van der Waals surface area contributed by atoms with Crippen molar-refractivity contribution in [2.45, 2.75) is 17.9 Å². The van der Waals surface area contributed by atoms with Crippen molar-refractivity contribution in [1.82, 2.24) is 0 Å². The van der Waals surface area contributed by atoms with Gasteiger partial charge in [0.05, 0.1) is 6.61 Å². The van der Waals surface area contributed by atoms with Gasteiger partial charge in [-0.15, -0.1) is 0 Å². The molecular weight excluding hydrogens is 226 g/mol. The lowest BCUT2D eigenvalue weighted by Gasteiger charge is -2.13. The third-order valence-electron chi connectivity index (χ3n) is 0.820. The zero-order valence-corrected chi connectivity index (χ0v) is 7.27. The number of rotatable bonds is 3. The van der Waals surface area contributed by atoms with E-state index in [1.54, 1.807) is 0 Å². The summed E-state index contributed by atoms with van der Waals surface area (Å²) in [5.74, 6) is -1.34. The minimum atomic E-state index is -3.63. The van der Waals surface area contributed by atoms with Crippen LogP contribution >= 0.6 is 15.9 Å². The second kappa shape index (κ2) is 3.96. The molecule has 0 fully saturated rings. The van der Waals surface area contributed by atoms with Crippen LogP contribution in [-0.2, 0) is 9.53 Å². The highest BCUT2D eigenvalue weighted by Gasteiger charge is 2.41. The van der Waals surface area contributed by atoms with Crippen LogP contribution < -0.4 is 0 Å². The lowest BCUT2D eigenvalue weighted by atomic mass is 10.4. The molecule has 0 rings (SSSR count). The molecule has 0 aliphatic rings. The molecule has 0 aromatic heterocycles. The average Bonchev–Trinajstić information content (AvgIpc) is 1.85. The van der Waals surface area contributed by atoms with E-state index in [0.29, 0.717) is 0 Å². The smallest absolute Gasteiger partial charge is 0.342 e. The van der Waals surface area contributed by atoms with Gasteiger partial charge in [0.1, 0.15) is 0 Å². The SMILES string of the molecule is CCOC(=O)C(O)C(F)(F)Br. The summed E-state index contributed by atoms with van der Waals surface area (Å²) < 4.78 is 28.2. The first-order valence-electron chi connectivity index (χ1n) is 2.81. The number of esters is 1. The van der Waals surface area contributed by atoms with Gasteiger partial charge >= 0.3 is 10.8 Å². The van der Waals surface area contributed by atoms with E-state index in [1.807, 2.05) is 15.9 Å². The molecule has 3 nitrogen and oxygen atoms in total. The summed E-state index contributed by atoms with van der Waals surface area (Å²) in [5, 5.41) is 8.51. The molecule has 0 amide bonds. The molecular formula is C5H7BrF2O3. The van der Waals surface area contributed by atoms with Crippen molar-refractivity contribution in [3.8, 4) is 0 Å². The molecule has 1 N–H and O–H groups in total. The second-order valence-electron chi connectivity index (χ2n) is 1.70. The molecule has 6 heteroatoms. The molecule has 11 heavy (non-hydrogen) atoms. The van der Waals surface area contributed by atoms with Gasteiger partial charge in [0.2, 0.25) is 6.10 Å². The molecule has 0 heterocycles. The van der Waals surface area contributed by atoms with Crippen molar-refractivity contribution >= 4 is 21.9 Å². The number of hydrogen-bond donors (Lipinski definition) is 1. The van der Waals surface area contributed by atoms with Crippen LogP contribution in [0.1, 0.15) is 6.92 Å². The first-order valence-corrected chi connectivity index (χ1v) is 3.60. The highest BCUT2D eigenvalue weighted by atomic mass is 79.9. The van der Waals surface area contributed by atoms with Gasteiger partial charge in [-0.2, -0.15) is 8.78 Å². The fourth-order valence-corrected chi connectivity index (χ4v) is 0.542. The van der Waals surface area contributed by atoms with Crippen LogP contribution in [0.15, 0.2) is 0 Å². The van der Waals surface area contributed by atoms with Crippen LogP contribution in [-0.4, -0.2) is 28.6 Å². The van der Waals surface area contributed by atoms with Crippen molar-refractivity contribution in [3.05, 3.63) is 0 Å². The fraction of sp³-hybridized carbons (Fsp3) is 0.800. The molecule has 0 saturated carbocycles.